The van der Waals surface area contributed by atoms with Crippen molar-refractivity contribution in [3.05, 3.63) is 35.4 Å². The van der Waals surface area contributed by atoms with Gasteiger partial charge in [-0.25, -0.2) is 4.79 Å². The van der Waals surface area contributed by atoms with E-state index in [-0.39, 0.29) is 23.7 Å². The highest BCUT2D eigenvalue weighted by Gasteiger charge is 2.30. The average Bonchev–Trinajstić information content (AvgIpc) is 2.40. The number of carbonyl (C=O) groups excluding carboxylic acids is 1. The van der Waals surface area contributed by atoms with Crippen molar-refractivity contribution in [2.45, 2.75) is 18.9 Å². The van der Waals surface area contributed by atoms with E-state index in [1.165, 1.54) is 6.07 Å². The number of aliphatic hydroxyl groups excluding tert-OH is 1. The highest BCUT2D eigenvalue weighted by atomic mass is 16.5. The second-order valence-corrected chi connectivity index (χ2v) is 4.88. The molecule has 1 heterocycles. The minimum atomic E-state index is -0.590. The van der Waals surface area contributed by atoms with Crippen molar-refractivity contribution in [1.82, 2.24) is 0 Å². The van der Waals surface area contributed by atoms with Crippen molar-refractivity contribution in [2.24, 2.45) is 0 Å². The van der Waals surface area contributed by atoms with Crippen LogP contribution >= 0.6 is 0 Å². The molecule has 0 saturated heterocycles. The summed E-state index contributed by atoms with van der Waals surface area (Å²) in [7, 11) is 0. The number of phenols is 2. The second kappa shape index (κ2) is 4.68. The van der Waals surface area contributed by atoms with Crippen LogP contribution in [0.15, 0.2) is 24.3 Å². The fourth-order valence-corrected chi connectivity index (χ4v) is 2.64. The van der Waals surface area contributed by atoms with Crippen LogP contribution in [0.1, 0.15) is 22.3 Å². The summed E-state index contributed by atoms with van der Waals surface area (Å²) in [4.78, 5) is 12.0. The zero-order chi connectivity index (χ0) is 14.3. The van der Waals surface area contributed by atoms with Gasteiger partial charge in [-0.05, 0) is 17.7 Å². The normalized spacial score (nSPS) is 17.9. The van der Waals surface area contributed by atoms with Gasteiger partial charge < -0.3 is 20.1 Å². The van der Waals surface area contributed by atoms with Gasteiger partial charge in [0.1, 0.15) is 23.2 Å². The van der Waals surface area contributed by atoms with E-state index in [0.717, 1.165) is 0 Å². The first-order valence-electron chi connectivity index (χ1n) is 6.40. The van der Waals surface area contributed by atoms with Crippen molar-refractivity contribution in [1.29, 1.82) is 0 Å². The summed E-state index contributed by atoms with van der Waals surface area (Å²) < 4.78 is 5.19. The molecule has 5 heteroatoms. The Morgan fingerprint density at radius 1 is 1.25 bits per heavy atom. The number of fused-ring (bicyclic) bond motifs is 2. The number of ether oxygens (including phenoxy) is 1. The zero-order valence-corrected chi connectivity index (χ0v) is 10.7. The molecule has 2 aromatic rings. The van der Waals surface area contributed by atoms with Crippen LogP contribution in [0.3, 0.4) is 0 Å². The van der Waals surface area contributed by atoms with Crippen LogP contribution in [0, 0.1) is 0 Å². The van der Waals surface area contributed by atoms with E-state index >= 15 is 0 Å². The summed E-state index contributed by atoms with van der Waals surface area (Å²) in [5.74, 6) is -0.702. The molecule has 3 N–H and O–H groups in total. The number of esters is 1. The Balaban J connectivity index is 2.20. The van der Waals surface area contributed by atoms with Crippen molar-refractivity contribution >= 4 is 16.7 Å². The van der Waals surface area contributed by atoms with Crippen LogP contribution in [-0.4, -0.2) is 34.0 Å². The average molecular weight is 274 g/mol. The van der Waals surface area contributed by atoms with Gasteiger partial charge in [0.25, 0.3) is 0 Å². The van der Waals surface area contributed by atoms with Crippen molar-refractivity contribution in [3.63, 3.8) is 0 Å². The molecule has 1 aliphatic heterocycles. The lowest BCUT2D eigenvalue weighted by atomic mass is 9.92. The maximum atomic E-state index is 12.0. The topological polar surface area (TPSA) is 87.0 Å². The minimum absolute atomic E-state index is 0.0539. The zero-order valence-electron chi connectivity index (χ0n) is 10.7. The number of aromatic hydroxyl groups is 2. The Kier molecular flexibility index (Phi) is 2.99. The first-order chi connectivity index (χ1) is 9.61. The van der Waals surface area contributed by atoms with Gasteiger partial charge in [-0.1, -0.05) is 12.1 Å². The van der Waals surface area contributed by atoms with Crippen LogP contribution in [0.25, 0.3) is 10.8 Å². The molecule has 5 nitrogen and oxygen atoms in total. The number of cyclic esters (lactones) is 1. The Bertz CT molecular complexity index is 692. The third kappa shape index (κ3) is 1.87. The number of aliphatic hydroxyl groups is 1. The SMILES string of the molecule is O=C1O[C@@H](CCO)Cc2cc3c(O)cccc3c(O)c21. The van der Waals surface area contributed by atoms with Gasteiger partial charge in [0.2, 0.25) is 0 Å². The van der Waals surface area contributed by atoms with Crippen molar-refractivity contribution in [2.75, 3.05) is 6.61 Å². The molecular weight excluding hydrogens is 260 g/mol. The molecule has 3 rings (SSSR count). The fourth-order valence-electron chi connectivity index (χ4n) is 2.64. The summed E-state index contributed by atoms with van der Waals surface area (Å²) in [6.45, 7) is -0.0713. The molecule has 104 valence electrons. The first-order valence-corrected chi connectivity index (χ1v) is 6.40. The van der Waals surface area contributed by atoms with Gasteiger partial charge in [-0.15, -0.1) is 0 Å². The molecule has 1 aliphatic rings. The predicted molar refractivity (Wildman–Crippen MR) is 71.9 cm³/mol. The maximum absolute atomic E-state index is 12.0. The standard InChI is InChI=1S/C15H14O5/c16-5-4-9-6-8-7-11-10(2-1-3-12(11)17)14(18)13(8)15(19)20-9/h1-3,7,9,16-18H,4-6H2/t9-/m0/s1. The molecule has 2 aromatic carbocycles. The molecule has 0 fully saturated rings. The molecular formula is C15H14O5. The van der Waals surface area contributed by atoms with Gasteiger partial charge in [0.15, 0.2) is 0 Å². The summed E-state index contributed by atoms with van der Waals surface area (Å²) in [6, 6.07) is 6.47. The largest absolute Gasteiger partial charge is 0.507 e. The van der Waals surface area contributed by atoms with E-state index in [2.05, 4.69) is 0 Å². The molecule has 20 heavy (non-hydrogen) atoms. The maximum Gasteiger partial charge on any atom is 0.342 e. The smallest absolute Gasteiger partial charge is 0.342 e. The minimum Gasteiger partial charge on any atom is -0.507 e. The van der Waals surface area contributed by atoms with Crippen LogP contribution in [0.5, 0.6) is 11.5 Å². The molecule has 0 unspecified atom stereocenters. The quantitative estimate of drug-likeness (QED) is 0.726. The van der Waals surface area contributed by atoms with E-state index in [0.29, 0.717) is 29.2 Å². The summed E-state index contributed by atoms with van der Waals surface area (Å²) in [5.41, 5.74) is 0.781. The van der Waals surface area contributed by atoms with E-state index < -0.39 is 12.1 Å². The molecule has 0 saturated carbocycles. The van der Waals surface area contributed by atoms with Crippen molar-refractivity contribution < 1.29 is 24.9 Å². The Morgan fingerprint density at radius 3 is 2.80 bits per heavy atom. The van der Waals surface area contributed by atoms with Gasteiger partial charge in [-0.3, -0.25) is 0 Å². The van der Waals surface area contributed by atoms with Crippen LogP contribution in [0.2, 0.25) is 0 Å². The van der Waals surface area contributed by atoms with Crippen LogP contribution in [0.4, 0.5) is 0 Å². The summed E-state index contributed by atoms with van der Waals surface area (Å²) >= 11 is 0. The van der Waals surface area contributed by atoms with Gasteiger partial charge in [0, 0.05) is 30.2 Å². The number of rotatable bonds is 2. The van der Waals surface area contributed by atoms with E-state index in [1.807, 2.05) is 0 Å². The molecule has 0 bridgehead atoms. The molecule has 0 radical (unpaired) electrons. The van der Waals surface area contributed by atoms with E-state index in [1.54, 1.807) is 18.2 Å². The van der Waals surface area contributed by atoms with Crippen LogP contribution < -0.4 is 0 Å². The van der Waals surface area contributed by atoms with E-state index in [4.69, 9.17) is 9.84 Å². The molecule has 0 aliphatic carbocycles. The van der Waals surface area contributed by atoms with Gasteiger partial charge in [0.05, 0.1) is 0 Å². The monoisotopic (exact) mass is 274 g/mol. The number of hydrogen-bond acceptors (Lipinski definition) is 5. The molecule has 1 atom stereocenters. The lowest BCUT2D eigenvalue weighted by Gasteiger charge is -2.25. The number of carbonyl (C=O) groups is 1. The fraction of sp³-hybridized carbons (Fsp3) is 0.267. The summed E-state index contributed by atoms with van der Waals surface area (Å²) in [6.07, 6.45) is 0.368. The number of hydrogen-bond donors (Lipinski definition) is 3. The lowest BCUT2D eigenvalue weighted by molar-refractivity contribution is 0.0195. The van der Waals surface area contributed by atoms with E-state index in [9.17, 15) is 15.0 Å². The van der Waals surface area contributed by atoms with Crippen molar-refractivity contribution in [3.8, 4) is 11.5 Å². The van der Waals surface area contributed by atoms with Gasteiger partial charge in [-0.2, -0.15) is 0 Å². The third-order valence-electron chi connectivity index (χ3n) is 3.59. The Hall–Kier alpha value is -2.27. The summed E-state index contributed by atoms with van der Waals surface area (Å²) in [5, 5.41) is 30.0. The van der Waals surface area contributed by atoms with Gasteiger partial charge >= 0.3 is 5.97 Å². The van der Waals surface area contributed by atoms with Crippen LogP contribution in [-0.2, 0) is 11.2 Å². The Labute approximate surface area is 115 Å². The first kappa shape index (κ1) is 12.7. The Morgan fingerprint density at radius 2 is 2.05 bits per heavy atom. The highest BCUT2D eigenvalue weighted by Crippen LogP contribution is 2.39. The molecule has 0 amide bonds. The predicted octanol–water partition coefficient (Wildman–Crippen LogP) is 1.71. The molecule has 0 aromatic heterocycles. The number of benzene rings is 2. The molecule has 0 spiro atoms. The second-order valence-electron chi connectivity index (χ2n) is 4.88. The highest BCUT2D eigenvalue weighted by molar-refractivity contribution is 6.04. The third-order valence-corrected chi connectivity index (χ3v) is 3.59. The number of phenolic OH excluding ortho intramolecular Hbond substituents is 2. The lowest BCUT2D eigenvalue weighted by Crippen LogP contribution is -2.28.